The van der Waals surface area contributed by atoms with Crippen LogP contribution >= 0.6 is 31.9 Å². The molecule has 0 unspecified atom stereocenters. The van der Waals surface area contributed by atoms with Gasteiger partial charge < -0.3 is 0 Å². The summed E-state index contributed by atoms with van der Waals surface area (Å²) in [4.78, 5) is 12.1. The molecule has 2 aromatic carbocycles. The van der Waals surface area contributed by atoms with Gasteiger partial charge in [-0.1, -0.05) is 37.9 Å². The zero-order chi connectivity index (χ0) is 14.0. The molecule has 0 spiro atoms. The molecular formula is C14H8Br2F2O. The van der Waals surface area contributed by atoms with Crippen LogP contribution in [0.25, 0.3) is 0 Å². The highest BCUT2D eigenvalue weighted by atomic mass is 79.9. The molecule has 2 aromatic rings. The third kappa shape index (κ3) is 3.70. The molecule has 0 aliphatic heterocycles. The molecule has 0 fully saturated rings. The molecule has 0 N–H and O–H groups in total. The van der Waals surface area contributed by atoms with Crippen molar-refractivity contribution in [3.05, 3.63) is 68.1 Å². The van der Waals surface area contributed by atoms with Gasteiger partial charge in [0.15, 0.2) is 5.78 Å². The quantitative estimate of drug-likeness (QED) is 0.681. The molecule has 5 heteroatoms. The Morgan fingerprint density at radius 3 is 2.37 bits per heavy atom. The van der Waals surface area contributed by atoms with Crippen molar-refractivity contribution in [1.82, 2.24) is 0 Å². The fraction of sp³-hybridized carbons (Fsp3) is 0.0714. The first-order chi connectivity index (χ1) is 8.95. The van der Waals surface area contributed by atoms with E-state index in [2.05, 4.69) is 31.9 Å². The third-order valence-corrected chi connectivity index (χ3v) is 3.75. The fourth-order valence-corrected chi connectivity index (χ4v) is 2.61. The summed E-state index contributed by atoms with van der Waals surface area (Å²) in [6.45, 7) is 0. The summed E-state index contributed by atoms with van der Waals surface area (Å²) in [7, 11) is 0. The van der Waals surface area contributed by atoms with Crippen LogP contribution in [-0.2, 0) is 6.42 Å². The first-order valence-electron chi connectivity index (χ1n) is 5.39. The zero-order valence-electron chi connectivity index (χ0n) is 9.59. The van der Waals surface area contributed by atoms with Gasteiger partial charge in [-0.15, -0.1) is 0 Å². The van der Waals surface area contributed by atoms with E-state index in [9.17, 15) is 13.6 Å². The molecule has 0 aliphatic rings. The number of halogens is 4. The second kappa shape index (κ2) is 5.92. The van der Waals surface area contributed by atoms with Gasteiger partial charge in [-0.05, 0) is 35.9 Å². The molecule has 19 heavy (non-hydrogen) atoms. The molecule has 0 heterocycles. The number of hydrogen-bond donors (Lipinski definition) is 0. The van der Waals surface area contributed by atoms with Crippen LogP contribution in [0, 0.1) is 11.6 Å². The van der Waals surface area contributed by atoms with Crippen molar-refractivity contribution in [3.63, 3.8) is 0 Å². The van der Waals surface area contributed by atoms with Gasteiger partial charge >= 0.3 is 0 Å². The van der Waals surface area contributed by atoms with E-state index in [-0.39, 0.29) is 23.6 Å². The van der Waals surface area contributed by atoms with E-state index in [1.54, 1.807) is 6.07 Å². The van der Waals surface area contributed by atoms with Crippen LogP contribution < -0.4 is 0 Å². The monoisotopic (exact) mass is 388 g/mol. The molecule has 1 nitrogen and oxygen atoms in total. The molecule has 0 radical (unpaired) electrons. The highest BCUT2D eigenvalue weighted by Crippen LogP contribution is 2.21. The predicted octanol–water partition coefficient (Wildman–Crippen LogP) is 4.92. The van der Waals surface area contributed by atoms with Crippen LogP contribution in [0.3, 0.4) is 0 Å². The van der Waals surface area contributed by atoms with E-state index >= 15 is 0 Å². The van der Waals surface area contributed by atoms with Gasteiger partial charge in [0, 0.05) is 20.9 Å². The van der Waals surface area contributed by atoms with Gasteiger partial charge in [-0.25, -0.2) is 8.78 Å². The predicted molar refractivity (Wildman–Crippen MR) is 76.2 cm³/mol. The summed E-state index contributed by atoms with van der Waals surface area (Å²) in [5, 5.41) is 0. The second-order valence-corrected chi connectivity index (χ2v) is 5.76. The van der Waals surface area contributed by atoms with Crippen molar-refractivity contribution in [2.24, 2.45) is 0 Å². The Balaban J connectivity index is 2.25. The number of rotatable bonds is 3. The summed E-state index contributed by atoms with van der Waals surface area (Å²) in [5.41, 5.74) is 0.940. The highest BCUT2D eigenvalue weighted by molar-refractivity contribution is 9.10. The topological polar surface area (TPSA) is 17.1 Å². The molecule has 0 atom stereocenters. The lowest BCUT2D eigenvalue weighted by Gasteiger charge is -2.05. The largest absolute Gasteiger partial charge is 0.294 e. The zero-order valence-corrected chi connectivity index (χ0v) is 12.8. The Kier molecular flexibility index (Phi) is 4.47. The van der Waals surface area contributed by atoms with Crippen LogP contribution in [0.1, 0.15) is 15.9 Å². The van der Waals surface area contributed by atoms with Crippen molar-refractivity contribution in [2.45, 2.75) is 6.42 Å². The number of Topliss-reactive ketones (excluding diaryl/α,β-unsaturated/α-hetero) is 1. The molecule has 0 aliphatic carbocycles. The summed E-state index contributed by atoms with van der Waals surface area (Å²) in [6, 6.07) is 8.14. The average molecular weight is 390 g/mol. The SMILES string of the molecule is O=C(Cc1ccc(F)cc1Br)c1cc(F)cc(Br)c1. The van der Waals surface area contributed by atoms with E-state index in [0.29, 0.717) is 14.5 Å². The number of hydrogen-bond acceptors (Lipinski definition) is 1. The Labute approximate surface area is 125 Å². The maximum Gasteiger partial charge on any atom is 0.167 e. The van der Waals surface area contributed by atoms with Gasteiger partial charge in [-0.3, -0.25) is 4.79 Å². The lowest BCUT2D eigenvalue weighted by Crippen LogP contribution is -2.05. The van der Waals surface area contributed by atoms with Crippen LogP contribution in [-0.4, -0.2) is 5.78 Å². The molecule has 2 rings (SSSR count). The van der Waals surface area contributed by atoms with Crippen molar-refractivity contribution >= 4 is 37.6 Å². The van der Waals surface area contributed by atoms with Gasteiger partial charge in [0.2, 0.25) is 0 Å². The van der Waals surface area contributed by atoms with Gasteiger partial charge in [0.25, 0.3) is 0 Å². The Bertz CT molecular complexity index is 621. The third-order valence-electron chi connectivity index (χ3n) is 2.55. The van der Waals surface area contributed by atoms with Crippen LogP contribution in [0.5, 0.6) is 0 Å². The van der Waals surface area contributed by atoms with Crippen LogP contribution in [0.2, 0.25) is 0 Å². The van der Waals surface area contributed by atoms with Crippen LogP contribution in [0.15, 0.2) is 45.3 Å². The maximum atomic E-state index is 13.2. The number of carbonyl (C=O) groups excluding carboxylic acids is 1. The lowest BCUT2D eigenvalue weighted by molar-refractivity contribution is 0.0992. The summed E-state index contributed by atoms with van der Waals surface area (Å²) in [6.07, 6.45) is 0.0801. The van der Waals surface area contributed by atoms with Crippen molar-refractivity contribution in [1.29, 1.82) is 0 Å². The number of ketones is 1. The average Bonchev–Trinajstić information content (AvgIpc) is 2.31. The summed E-state index contributed by atoms with van der Waals surface area (Å²) in [5.74, 6) is -1.08. The fourth-order valence-electron chi connectivity index (χ4n) is 1.65. The lowest BCUT2D eigenvalue weighted by atomic mass is 10.0. The Hall–Kier alpha value is -1.07. The van der Waals surface area contributed by atoms with Crippen molar-refractivity contribution in [3.8, 4) is 0 Å². The van der Waals surface area contributed by atoms with E-state index in [4.69, 9.17) is 0 Å². The first kappa shape index (κ1) is 14.3. The molecule has 98 valence electrons. The van der Waals surface area contributed by atoms with E-state index in [1.165, 1.54) is 30.3 Å². The standard InChI is InChI=1S/C14H8Br2F2O/c15-10-3-9(4-12(18)6-10)14(19)5-8-1-2-11(17)7-13(8)16/h1-4,6-7H,5H2. The van der Waals surface area contributed by atoms with Crippen molar-refractivity contribution in [2.75, 3.05) is 0 Å². The molecule has 0 amide bonds. The normalized spacial score (nSPS) is 10.5. The number of carbonyl (C=O) groups is 1. The van der Waals surface area contributed by atoms with E-state index < -0.39 is 5.82 Å². The molecule has 0 bridgehead atoms. The van der Waals surface area contributed by atoms with Gasteiger partial charge in [0.1, 0.15) is 11.6 Å². The molecule has 0 saturated carbocycles. The number of benzene rings is 2. The molecular weight excluding hydrogens is 382 g/mol. The maximum absolute atomic E-state index is 13.2. The molecule has 0 saturated heterocycles. The second-order valence-electron chi connectivity index (χ2n) is 3.99. The molecule has 0 aromatic heterocycles. The first-order valence-corrected chi connectivity index (χ1v) is 6.97. The Morgan fingerprint density at radius 1 is 1.00 bits per heavy atom. The van der Waals surface area contributed by atoms with Gasteiger partial charge in [-0.2, -0.15) is 0 Å². The highest BCUT2D eigenvalue weighted by Gasteiger charge is 2.12. The summed E-state index contributed by atoms with van der Waals surface area (Å²) < 4.78 is 27.2. The Morgan fingerprint density at radius 2 is 1.74 bits per heavy atom. The minimum atomic E-state index is -0.476. The summed E-state index contributed by atoms with van der Waals surface area (Å²) >= 11 is 6.34. The van der Waals surface area contributed by atoms with Crippen molar-refractivity contribution < 1.29 is 13.6 Å². The van der Waals surface area contributed by atoms with E-state index in [0.717, 1.165) is 0 Å². The minimum absolute atomic E-state index is 0.0801. The van der Waals surface area contributed by atoms with Crippen LogP contribution in [0.4, 0.5) is 8.78 Å². The van der Waals surface area contributed by atoms with Gasteiger partial charge in [0.05, 0.1) is 0 Å². The minimum Gasteiger partial charge on any atom is -0.294 e. The van der Waals surface area contributed by atoms with E-state index in [1.807, 2.05) is 0 Å². The smallest absolute Gasteiger partial charge is 0.167 e.